The van der Waals surface area contributed by atoms with Crippen LogP contribution in [0.5, 0.6) is 0 Å². The monoisotopic (exact) mass is 399 g/mol. The minimum Gasteiger partial charge on any atom is -0.325 e. The van der Waals surface area contributed by atoms with Crippen molar-refractivity contribution in [3.63, 3.8) is 0 Å². The van der Waals surface area contributed by atoms with Crippen LogP contribution in [0.15, 0.2) is 84.9 Å². The van der Waals surface area contributed by atoms with Crippen LogP contribution in [0.4, 0.5) is 5.69 Å². The van der Waals surface area contributed by atoms with Crippen molar-refractivity contribution in [3.05, 3.63) is 107 Å². The maximum Gasteiger partial charge on any atom is 0.236 e. The molecule has 5 rings (SSSR count). The van der Waals surface area contributed by atoms with Crippen LogP contribution in [-0.2, 0) is 10.2 Å². The number of fused-ring (bicyclic) bond motifs is 2. The van der Waals surface area contributed by atoms with Crippen molar-refractivity contribution < 1.29 is 9.59 Å². The van der Waals surface area contributed by atoms with Crippen LogP contribution in [0.2, 0.25) is 5.02 Å². The third kappa shape index (κ3) is 2.73. The first-order valence-electron chi connectivity index (χ1n) is 9.56. The van der Waals surface area contributed by atoms with Crippen LogP contribution >= 0.6 is 11.6 Å². The molecule has 1 amide bonds. The quantitative estimate of drug-likeness (QED) is 0.599. The normalized spacial score (nSPS) is 24.5. The Morgan fingerprint density at radius 2 is 1.66 bits per heavy atom. The van der Waals surface area contributed by atoms with E-state index in [-0.39, 0.29) is 17.6 Å². The Balaban J connectivity index is 1.60. The van der Waals surface area contributed by atoms with Gasteiger partial charge in [-0.1, -0.05) is 84.4 Å². The lowest BCUT2D eigenvalue weighted by Gasteiger charge is -2.09. The zero-order valence-electron chi connectivity index (χ0n) is 15.5. The molecular weight excluding hydrogens is 382 g/mol. The highest BCUT2D eigenvalue weighted by molar-refractivity contribution is 6.31. The standard InChI is InChI=1S/C25H18ClNO2/c26-18-12-14-21-20(15-18)25(24(29)27-21)19(13-11-16-7-3-1-4-8-16)22(25)23(28)17-9-5-2-6-10-17/h1-15,19,22H,(H,27,29)/b13-11+/t19?,22?,25-/m1/s1. The minimum absolute atomic E-state index is 0.0173. The van der Waals surface area contributed by atoms with Crippen molar-refractivity contribution >= 4 is 35.1 Å². The summed E-state index contributed by atoms with van der Waals surface area (Å²) in [4.78, 5) is 26.5. The van der Waals surface area contributed by atoms with E-state index in [2.05, 4.69) is 5.32 Å². The van der Waals surface area contributed by atoms with Gasteiger partial charge in [-0.3, -0.25) is 9.59 Å². The van der Waals surface area contributed by atoms with Crippen LogP contribution in [0.3, 0.4) is 0 Å². The summed E-state index contributed by atoms with van der Waals surface area (Å²) in [5.41, 5.74) is 2.30. The van der Waals surface area contributed by atoms with E-state index < -0.39 is 11.3 Å². The number of hydrogen-bond donors (Lipinski definition) is 1. The molecule has 0 aromatic heterocycles. The SMILES string of the molecule is O=C(c1ccccc1)C1C(/C=C/c2ccccc2)[C@]12C(=O)Nc1ccc(Cl)cc12. The first-order chi connectivity index (χ1) is 14.1. The molecule has 1 saturated carbocycles. The minimum atomic E-state index is -0.904. The topological polar surface area (TPSA) is 46.2 Å². The van der Waals surface area contributed by atoms with Crippen molar-refractivity contribution in [3.8, 4) is 0 Å². The molecule has 1 heterocycles. The fourth-order valence-corrected chi connectivity index (χ4v) is 4.74. The average molecular weight is 400 g/mol. The number of ketones is 1. The largest absolute Gasteiger partial charge is 0.325 e. The van der Waals surface area contributed by atoms with Crippen LogP contribution < -0.4 is 5.32 Å². The average Bonchev–Trinajstić information content (AvgIpc) is 3.35. The second kappa shape index (κ2) is 6.71. The number of allylic oxidation sites excluding steroid dienone is 1. The molecule has 3 aromatic carbocycles. The van der Waals surface area contributed by atoms with Crippen LogP contribution in [0.25, 0.3) is 6.08 Å². The maximum absolute atomic E-state index is 13.4. The third-order valence-corrected chi connectivity index (χ3v) is 6.19. The van der Waals surface area contributed by atoms with Crippen molar-refractivity contribution in [1.82, 2.24) is 0 Å². The Hall–Kier alpha value is -3.17. The molecule has 4 heteroatoms. The number of carbonyl (C=O) groups is 2. The van der Waals surface area contributed by atoms with E-state index in [9.17, 15) is 9.59 Å². The van der Waals surface area contributed by atoms with Gasteiger partial charge in [-0.25, -0.2) is 0 Å². The number of rotatable bonds is 4. The molecule has 2 aliphatic rings. The summed E-state index contributed by atoms with van der Waals surface area (Å²) in [6.45, 7) is 0. The number of nitrogens with one attached hydrogen (secondary N) is 1. The lowest BCUT2D eigenvalue weighted by atomic mass is 9.91. The molecule has 0 radical (unpaired) electrons. The molecule has 1 N–H and O–H groups in total. The second-order valence-electron chi connectivity index (χ2n) is 7.52. The lowest BCUT2D eigenvalue weighted by molar-refractivity contribution is -0.118. The Morgan fingerprint density at radius 1 is 0.966 bits per heavy atom. The number of Topliss-reactive ketones (excluding diaryl/α,β-unsaturated/α-hetero) is 1. The summed E-state index contributed by atoms with van der Waals surface area (Å²) >= 11 is 6.25. The Kier molecular flexibility index (Phi) is 4.14. The van der Waals surface area contributed by atoms with Gasteiger partial charge >= 0.3 is 0 Å². The van der Waals surface area contributed by atoms with E-state index in [0.29, 0.717) is 10.6 Å². The Labute approximate surface area is 174 Å². The molecule has 0 bridgehead atoms. The smallest absolute Gasteiger partial charge is 0.236 e. The summed E-state index contributed by atoms with van der Waals surface area (Å²) < 4.78 is 0. The van der Waals surface area contributed by atoms with Gasteiger partial charge in [0.15, 0.2) is 5.78 Å². The number of benzene rings is 3. The summed E-state index contributed by atoms with van der Waals surface area (Å²) in [5, 5.41) is 3.52. The summed E-state index contributed by atoms with van der Waals surface area (Å²) in [5.74, 6) is -0.831. The highest BCUT2D eigenvalue weighted by Crippen LogP contribution is 2.66. The van der Waals surface area contributed by atoms with Gasteiger partial charge in [-0.05, 0) is 29.3 Å². The molecule has 1 fully saturated rings. The van der Waals surface area contributed by atoms with Gasteiger partial charge in [-0.15, -0.1) is 0 Å². The van der Waals surface area contributed by atoms with Crippen molar-refractivity contribution in [2.24, 2.45) is 11.8 Å². The van der Waals surface area contributed by atoms with Crippen LogP contribution in [0.1, 0.15) is 21.5 Å². The fraction of sp³-hybridized carbons (Fsp3) is 0.120. The van der Waals surface area contributed by atoms with E-state index in [1.54, 1.807) is 18.2 Å². The molecular formula is C25H18ClNO2. The zero-order chi connectivity index (χ0) is 20.0. The van der Waals surface area contributed by atoms with Crippen molar-refractivity contribution in [2.75, 3.05) is 5.32 Å². The molecule has 3 nitrogen and oxygen atoms in total. The summed E-state index contributed by atoms with van der Waals surface area (Å²) in [7, 11) is 0. The summed E-state index contributed by atoms with van der Waals surface area (Å²) in [6.07, 6.45) is 3.98. The third-order valence-electron chi connectivity index (χ3n) is 5.95. The first-order valence-corrected chi connectivity index (χ1v) is 9.94. The van der Waals surface area contributed by atoms with E-state index in [1.807, 2.05) is 72.8 Å². The van der Waals surface area contributed by atoms with Gasteiger partial charge in [0.25, 0.3) is 0 Å². The van der Waals surface area contributed by atoms with Gasteiger partial charge in [0.05, 0.1) is 5.41 Å². The number of anilines is 1. The Bertz CT molecular complexity index is 1140. The molecule has 3 aromatic rings. The van der Waals surface area contributed by atoms with Gasteiger partial charge in [0, 0.05) is 28.1 Å². The van der Waals surface area contributed by atoms with Crippen LogP contribution in [0, 0.1) is 11.8 Å². The second-order valence-corrected chi connectivity index (χ2v) is 7.95. The molecule has 0 saturated heterocycles. The van der Waals surface area contributed by atoms with Gasteiger partial charge in [-0.2, -0.15) is 0 Å². The molecule has 2 unspecified atom stereocenters. The van der Waals surface area contributed by atoms with Gasteiger partial charge < -0.3 is 5.32 Å². The van der Waals surface area contributed by atoms with Gasteiger partial charge in [0.1, 0.15) is 0 Å². The van der Waals surface area contributed by atoms with E-state index in [1.165, 1.54) is 0 Å². The molecule has 1 aliphatic carbocycles. The van der Waals surface area contributed by atoms with Crippen LogP contribution in [-0.4, -0.2) is 11.7 Å². The molecule has 29 heavy (non-hydrogen) atoms. The van der Waals surface area contributed by atoms with E-state index in [0.717, 1.165) is 16.8 Å². The highest BCUT2D eigenvalue weighted by Gasteiger charge is 2.74. The van der Waals surface area contributed by atoms with Crippen molar-refractivity contribution in [1.29, 1.82) is 0 Å². The van der Waals surface area contributed by atoms with E-state index in [4.69, 9.17) is 11.6 Å². The molecule has 142 valence electrons. The predicted octanol–water partition coefficient (Wildman–Crippen LogP) is 5.37. The summed E-state index contributed by atoms with van der Waals surface area (Å²) in [6, 6.07) is 24.4. The lowest BCUT2D eigenvalue weighted by Crippen LogP contribution is -2.25. The number of carbonyl (C=O) groups excluding carboxylic acids is 2. The molecule has 1 aliphatic heterocycles. The number of halogens is 1. The zero-order valence-corrected chi connectivity index (χ0v) is 16.3. The highest BCUT2D eigenvalue weighted by atomic mass is 35.5. The van der Waals surface area contributed by atoms with Crippen molar-refractivity contribution in [2.45, 2.75) is 5.41 Å². The van der Waals surface area contributed by atoms with Gasteiger partial charge in [0.2, 0.25) is 5.91 Å². The van der Waals surface area contributed by atoms with E-state index >= 15 is 0 Å². The fourth-order valence-electron chi connectivity index (χ4n) is 4.56. The Morgan fingerprint density at radius 3 is 2.38 bits per heavy atom. The maximum atomic E-state index is 13.4. The predicted molar refractivity (Wildman–Crippen MR) is 115 cm³/mol. The first kappa shape index (κ1) is 17.9. The molecule has 3 atom stereocenters. The number of amides is 1. The molecule has 1 spiro atoms. The number of hydrogen-bond acceptors (Lipinski definition) is 2.